The summed E-state index contributed by atoms with van der Waals surface area (Å²) in [7, 11) is 1.53. The van der Waals surface area contributed by atoms with Crippen molar-refractivity contribution in [2.75, 3.05) is 25.6 Å². The van der Waals surface area contributed by atoms with Gasteiger partial charge >= 0.3 is 6.09 Å². The average Bonchev–Trinajstić information content (AvgIpc) is 3.38. The molecule has 0 fully saturated rings. The summed E-state index contributed by atoms with van der Waals surface area (Å²) in [6.07, 6.45) is 0.340. The van der Waals surface area contributed by atoms with Crippen molar-refractivity contribution in [1.82, 2.24) is 15.0 Å². The van der Waals surface area contributed by atoms with E-state index in [4.69, 9.17) is 18.9 Å². The number of carbonyl (C=O) groups excluding carboxylic acids is 1. The van der Waals surface area contributed by atoms with Gasteiger partial charge in [0.2, 0.25) is 5.88 Å². The van der Waals surface area contributed by atoms with Crippen LogP contribution in [0.1, 0.15) is 5.56 Å². The summed E-state index contributed by atoms with van der Waals surface area (Å²) in [5.74, 6) is 0.508. The molecule has 3 aromatic carbocycles. The number of aromatic nitrogens is 3. The quantitative estimate of drug-likeness (QED) is 0.305. The molecule has 0 saturated carbocycles. The molecule has 1 N–H and O–H groups in total. The molecule has 1 unspecified atom stereocenters. The van der Waals surface area contributed by atoms with E-state index in [1.807, 2.05) is 25.1 Å². The van der Waals surface area contributed by atoms with Gasteiger partial charge in [-0.3, -0.25) is 5.32 Å². The van der Waals surface area contributed by atoms with E-state index in [9.17, 15) is 4.79 Å². The molecule has 9 nitrogen and oxygen atoms in total. The summed E-state index contributed by atoms with van der Waals surface area (Å²) in [6, 6.07) is 14.1. The highest BCUT2D eigenvalue weighted by Crippen LogP contribution is 2.45. The molecular weight excluding hydrogens is 511 g/mol. The Morgan fingerprint density at radius 1 is 1.18 bits per heavy atom. The lowest BCUT2D eigenvalue weighted by Crippen LogP contribution is -2.35. The van der Waals surface area contributed by atoms with Crippen LogP contribution >= 0.6 is 11.3 Å². The van der Waals surface area contributed by atoms with Gasteiger partial charge in [0.1, 0.15) is 28.4 Å². The lowest BCUT2D eigenvalue weighted by atomic mass is 10.1. The normalized spacial score (nSPS) is 14.4. The number of para-hydroxylation sites is 1. The number of anilines is 1. The third-order valence-electron chi connectivity index (χ3n) is 5.88. The van der Waals surface area contributed by atoms with Crippen molar-refractivity contribution in [3.05, 3.63) is 66.1 Å². The molecule has 2 aromatic heterocycles. The molecule has 0 bridgehead atoms. The molecule has 1 aliphatic rings. The second-order valence-corrected chi connectivity index (χ2v) is 9.61. The fraction of sp³-hybridized carbons (Fsp3) is 0.185. The van der Waals surface area contributed by atoms with Crippen molar-refractivity contribution in [3.63, 3.8) is 0 Å². The highest BCUT2D eigenvalue weighted by atomic mass is 32.1. The van der Waals surface area contributed by atoms with E-state index in [0.717, 1.165) is 11.1 Å². The third-order valence-corrected chi connectivity index (χ3v) is 6.97. The molecule has 5 aromatic rings. The Balaban J connectivity index is 1.29. The molecule has 11 heteroatoms. The number of ether oxygens (including phenoxy) is 4. The minimum atomic E-state index is -0.612. The SMILES string of the molecule is COc1cnc2c(-c3nc4c(F)cc5c(c4s3)OC(COC(=O)Nc3ccccc3)CO5)cc(C)cc2n1. The van der Waals surface area contributed by atoms with E-state index in [0.29, 0.717) is 38.1 Å². The van der Waals surface area contributed by atoms with Crippen molar-refractivity contribution in [2.45, 2.75) is 13.0 Å². The number of nitrogens with one attached hydrogen (secondary N) is 1. The van der Waals surface area contributed by atoms with E-state index in [1.165, 1.54) is 30.7 Å². The van der Waals surface area contributed by atoms with Gasteiger partial charge in [0.25, 0.3) is 0 Å². The first kappa shape index (κ1) is 23.9. The van der Waals surface area contributed by atoms with Crippen molar-refractivity contribution in [2.24, 2.45) is 0 Å². The minimum Gasteiger partial charge on any atom is -0.486 e. The molecule has 6 rings (SSSR count). The number of methoxy groups -OCH3 is 1. The first-order valence-electron chi connectivity index (χ1n) is 11.7. The first-order chi connectivity index (χ1) is 18.5. The van der Waals surface area contributed by atoms with Crippen LogP contribution in [0.25, 0.3) is 31.8 Å². The van der Waals surface area contributed by atoms with Crippen LogP contribution in [-0.2, 0) is 4.74 Å². The van der Waals surface area contributed by atoms with Crippen molar-refractivity contribution < 1.29 is 28.1 Å². The molecule has 0 radical (unpaired) electrons. The standard InChI is InChI=1S/C27H21FN4O5S/c1-14-8-17(22-19(9-14)31-21(34-2)11-29-22)26-32-23-18(28)10-20-24(25(23)38-26)37-16(12-35-20)13-36-27(33)30-15-6-4-3-5-7-15/h3-11,16H,12-13H2,1-2H3,(H,30,33). The fourth-order valence-corrected chi connectivity index (χ4v) is 5.23. The molecule has 1 aliphatic heterocycles. The van der Waals surface area contributed by atoms with Gasteiger partial charge in [-0.25, -0.2) is 24.1 Å². The van der Waals surface area contributed by atoms with Gasteiger partial charge in [-0.15, -0.1) is 11.3 Å². The topological polar surface area (TPSA) is 105 Å². The number of amides is 1. The Labute approximate surface area is 220 Å². The summed E-state index contributed by atoms with van der Waals surface area (Å²) in [5, 5.41) is 3.21. The highest BCUT2D eigenvalue weighted by Gasteiger charge is 2.28. The Morgan fingerprint density at radius 2 is 2.03 bits per heavy atom. The number of benzene rings is 3. The van der Waals surface area contributed by atoms with Gasteiger partial charge in [0.15, 0.2) is 23.4 Å². The maximum atomic E-state index is 15.0. The van der Waals surface area contributed by atoms with Gasteiger partial charge in [0.05, 0.1) is 24.3 Å². The monoisotopic (exact) mass is 532 g/mol. The lowest BCUT2D eigenvalue weighted by molar-refractivity contribution is 0.0386. The number of nitrogens with zero attached hydrogens (tertiary/aromatic N) is 3. The van der Waals surface area contributed by atoms with Gasteiger partial charge in [-0.1, -0.05) is 18.2 Å². The minimum absolute atomic E-state index is 0.0530. The van der Waals surface area contributed by atoms with Crippen LogP contribution in [-0.4, -0.2) is 47.5 Å². The second kappa shape index (κ2) is 9.75. The predicted molar refractivity (Wildman–Crippen MR) is 141 cm³/mol. The van der Waals surface area contributed by atoms with Crippen molar-refractivity contribution in [3.8, 4) is 28.0 Å². The Hall–Kier alpha value is -4.51. The van der Waals surface area contributed by atoms with Crippen molar-refractivity contribution >= 4 is 44.4 Å². The summed E-state index contributed by atoms with van der Waals surface area (Å²) < 4.78 is 38.0. The zero-order valence-electron chi connectivity index (χ0n) is 20.4. The van der Waals surface area contributed by atoms with Crippen LogP contribution in [0.15, 0.2) is 54.7 Å². The molecule has 3 heterocycles. The smallest absolute Gasteiger partial charge is 0.411 e. The van der Waals surface area contributed by atoms with E-state index in [2.05, 4.69) is 20.3 Å². The summed E-state index contributed by atoms with van der Waals surface area (Å²) in [4.78, 5) is 25.8. The van der Waals surface area contributed by atoms with Crippen LogP contribution in [0, 0.1) is 12.7 Å². The molecule has 38 heavy (non-hydrogen) atoms. The zero-order chi connectivity index (χ0) is 26.2. The zero-order valence-corrected chi connectivity index (χ0v) is 21.2. The number of hydrogen-bond donors (Lipinski definition) is 1. The molecule has 0 aliphatic carbocycles. The summed E-state index contributed by atoms with van der Waals surface area (Å²) in [6.45, 7) is 1.99. The van der Waals surface area contributed by atoms with Crippen molar-refractivity contribution in [1.29, 1.82) is 0 Å². The van der Waals surface area contributed by atoms with Gasteiger partial charge < -0.3 is 18.9 Å². The number of aryl methyl sites for hydroxylation is 1. The molecule has 0 saturated heterocycles. The van der Waals surface area contributed by atoms with Crippen LogP contribution < -0.4 is 19.5 Å². The Kier molecular flexibility index (Phi) is 6.12. The Morgan fingerprint density at radius 3 is 2.84 bits per heavy atom. The molecule has 1 amide bonds. The van der Waals surface area contributed by atoms with Crippen LogP contribution in [0.4, 0.5) is 14.9 Å². The Bertz CT molecular complexity index is 1680. The number of fused-ring (bicyclic) bond motifs is 4. The average molecular weight is 533 g/mol. The number of rotatable bonds is 5. The molecular formula is C27H21FN4O5S. The largest absolute Gasteiger partial charge is 0.486 e. The maximum absolute atomic E-state index is 15.0. The third kappa shape index (κ3) is 4.52. The van der Waals surface area contributed by atoms with Crippen LogP contribution in [0.3, 0.4) is 0 Å². The van der Waals surface area contributed by atoms with E-state index in [1.54, 1.807) is 24.3 Å². The maximum Gasteiger partial charge on any atom is 0.411 e. The van der Waals surface area contributed by atoms with Crippen LogP contribution in [0.5, 0.6) is 17.4 Å². The van der Waals surface area contributed by atoms with Crippen LogP contribution in [0.2, 0.25) is 0 Å². The van der Waals surface area contributed by atoms with Gasteiger partial charge in [-0.2, -0.15) is 0 Å². The van der Waals surface area contributed by atoms with E-state index in [-0.39, 0.29) is 24.5 Å². The highest BCUT2D eigenvalue weighted by molar-refractivity contribution is 7.22. The molecule has 192 valence electrons. The summed E-state index contributed by atoms with van der Waals surface area (Å²) in [5.41, 5.74) is 3.71. The second-order valence-electron chi connectivity index (χ2n) is 8.62. The number of thiazole rings is 1. The van der Waals surface area contributed by atoms with E-state index < -0.39 is 18.0 Å². The first-order valence-corrected chi connectivity index (χ1v) is 12.5. The lowest BCUT2D eigenvalue weighted by Gasteiger charge is -2.26. The molecule has 0 spiro atoms. The molecule has 1 atom stereocenters. The van der Waals surface area contributed by atoms with E-state index >= 15 is 4.39 Å². The number of carbonyl (C=O) groups is 1. The predicted octanol–water partition coefficient (Wildman–Crippen LogP) is 5.75. The van der Waals surface area contributed by atoms with Gasteiger partial charge in [0, 0.05) is 17.3 Å². The number of hydrogen-bond acceptors (Lipinski definition) is 9. The fourth-order valence-electron chi connectivity index (χ4n) is 4.15. The van der Waals surface area contributed by atoms with Gasteiger partial charge in [-0.05, 0) is 36.8 Å². The number of halogens is 1. The summed E-state index contributed by atoms with van der Waals surface area (Å²) >= 11 is 1.27.